The molecule has 1 aliphatic rings. The minimum Gasteiger partial charge on any atom is -0.423 e. The van der Waals surface area contributed by atoms with Gasteiger partial charge in [-0.25, -0.2) is 9.59 Å². The van der Waals surface area contributed by atoms with Crippen molar-refractivity contribution in [3.05, 3.63) is 80.5 Å². The first-order valence-corrected chi connectivity index (χ1v) is 9.67. The first-order valence-electron chi connectivity index (χ1n) is 8.59. The van der Waals surface area contributed by atoms with Gasteiger partial charge in [-0.15, -0.1) is 0 Å². The number of rotatable bonds is 4. The lowest BCUT2D eigenvalue weighted by Crippen LogP contribution is -2.13. The lowest BCUT2D eigenvalue weighted by molar-refractivity contribution is -0.130. The van der Waals surface area contributed by atoms with Gasteiger partial charge < -0.3 is 9.47 Å². The quantitative estimate of drug-likeness (QED) is 0.335. The Kier molecular flexibility index (Phi) is 6.11. The minimum absolute atomic E-state index is 0.345. The van der Waals surface area contributed by atoms with Crippen LogP contribution in [0.4, 0.5) is 0 Å². The van der Waals surface area contributed by atoms with E-state index in [-0.39, 0.29) is 5.97 Å². The van der Waals surface area contributed by atoms with Crippen LogP contribution in [0.5, 0.6) is 11.5 Å². The van der Waals surface area contributed by atoms with Crippen molar-refractivity contribution >= 4 is 34.5 Å². The normalized spacial score (nSPS) is 13.4. The summed E-state index contributed by atoms with van der Waals surface area (Å²) in [5, 5.41) is 0. The first-order chi connectivity index (χ1) is 12.9. The molecule has 0 saturated carbocycles. The largest absolute Gasteiger partial charge is 0.423 e. The highest BCUT2D eigenvalue weighted by Crippen LogP contribution is 2.27. The average molecular weight is 474 g/mol. The Morgan fingerprint density at radius 3 is 2.26 bits per heavy atom. The van der Waals surface area contributed by atoms with Gasteiger partial charge in [-0.3, -0.25) is 0 Å². The summed E-state index contributed by atoms with van der Waals surface area (Å²) >= 11 is 2.26. The monoisotopic (exact) mass is 474 g/mol. The second-order valence-corrected chi connectivity index (χ2v) is 7.76. The van der Waals surface area contributed by atoms with Gasteiger partial charge in [0.25, 0.3) is 0 Å². The number of halogens is 1. The summed E-state index contributed by atoms with van der Waals surface area (Å²) in [7, 11) is 0. The Morgan fingerprint density at radius 2 is 1.63 bits per heavy atom. The van der Waals surface area contributed by atoms with Crippen molar-refractivity contribution in [2.75, 3.05) is 0 Å². The number of hydrogen-bond donors (Lipinski definition) is 0. The second kappa shape index (κ2) is 8.52. The van der Waals surface area contributed by atoms with Gasteiger partial charge in [0.05, 0.1) is 5.56 Å². The number of carbonyl (C=O) groups excluding carboxylic acids is 2. The molecule has 2 aromatic rings. The van der Waals surface area contributed by atoms with E-state index < -0.39 is 5.97 Å². The van der Waals surface area contributed by atoms with E-state index in [1.165, 1.54) is 3.58 Å². The molecule has 0 aliphatic heterocycles. The van der Waals surface area contributed by atoms with Crippen LogP contribution in [0.1, 0.15) is 34.3 Å². The summed E-state index contributed by atoms with van der Waals surface area (Å²) in [6.07, 6.45) is 5.27. The summed E-state index contributed by atoms with van der Waals surface area (Å²) in [5.41, 5.74) is 2.94. The zero-order valence-corrected chi connectivity index (χ0v) is 17.3. The number of hydrogen-bond acceptors (Lipinski definition) is 4. The maximum Gasteiger partial charge on any atom is 0.343 e. The molecule has 0 N–H and O–H groups in total. The molecule has 138 valence electrons. The van der Waals surface area contributed by atoms with Gasteiger partial charge in [0.1, 0.15) is 11.5 Å². The molecule has 1 aliphatic carbocycles. The van der Waals surface area contributed by atoms with Gasteiger partial charge in [0.15, 0.2) is 0 Å². The fourth-order valence-electron chi connectivity index (χ4n) is 2.60. The Morgan fingerprint density at radius 1 is 0.889 bits per heavy atom. The van der Waals surface area contributed by atoms with Crippen LogP contribution in [0.2, 0.25) is 0 Å². The summed E-state index contributed by atoms with van der Waals surface area (Å²) in [6.45, 7) is 3.77. The molecule has 2 aromatic carbocycles. The van der Waals surface area contributed by atoms with Crippen molar-refractivity contribution in [2.45, 2.75) is 26.7 Å². The van der Waals surface area contributed by atoms with E-state index >= 15 is 0 Å². The minimum atomic E-state index is -0.423. The van der Waals surface area contributed by atoms with Gasteiger partial charge in [0, 0.05) is 5.57 Å². The fourth-order valence-corrected chi connectivity index (χ4v) is 3.05. The van der Waals surface area contributed by atoms with Gasteiger partial charge in [0.2, 0.25) is 0 Å². The summed E-state index contributed by atoms with van der Waals surface area (Å²) in [5.74, 6) is 0.100. The average Bonchev–Trinajstić information content (AvgIpc) is 2.65. The van der Waals surface area contributed by atoms with Crippen LogP contribution in [-0.2, 0) is 4.79 Å². The molecule has 0 amide bonds. The number of carbonyl (C=O) groups is 2. The summed E-state index contributed by atoms with van der Waals surface area (Å²) in [6, 6.07) is 12.1. The van der Waals surface area contributed by atoms with E-state index in [0.717, 1.165) is 17.5 Å². The van der Waals surface area contributed by atoms with Crippen molar-refractivity contribution in [1.29, 1.82) is 0 Å². The predicted molar refractivity (Wildman–Crippen MR) is 112 cm³/mol. The van der Waals surface area contributed by atoms with E-state index in [4.69, 9.17) is 9.47 Å². The van der Waals surface area contributed by atoms with E-state index in [0.29, 0.717) is 29.1 Å². The van der Waals surface area contributed by atoms with Crippen LogP contribution in [0.15, 0.2) is 63.8 Å². The molecule has 0 fully saturated rings. The standard InChI is InChI=1S/C22H19IO4/c1-14-3-5-16(6-4-14)21(24)26-19-11-12-20(15(2)13-19)27-22(25)17-7-9-18(23)10-8-17/h3-7,9,11-13H,8,10H2,1-2H3. The van der Waals surface area contributed by atoms with E-state index in [1.807, 2.05) is 32.1 Å². The van der Waals surface area contributed by atoms with Crippen LogP contribution in [-0.4, -0.2) is 11.9 Å². The van der Waals surface area contributed by atoms with Crippen molar-refractivity contribution < 1.29 is 19.1 Å². The highest BCUT2D eigenvalue weighted by Gasteiger charge is 2.16. The van der Waals surface area contributed by atoms with E-state index in [1.54, 1.807) is 36.4 Å². The molecule has 0 saturated heterocycles. The lowest BCUT2D eigenvalue weighted by atomic mass is 10.1. The summed E-state index contributed by atoms with van der Waals surface area (Å²) in [4.78, 5) is 24.5. The van der Waals surface area contributed by atoms with Crippen LogP contribution in [0, 0.1) is 13.8 Å². The van der Waals surface area contributed by atoms with Crippen LogP contribution in [0.25, 0.3) is 0 Å². The molecule has 27 heavy (non-hydrogen) atoms. The number of benzene rings is 2. The second-order valence-electron chi connectivity index (χ2n) is 6.38. The molecule has 0 unspecified atom stereocenters. The smallest absolute Gasteiger partial charge is 0.343 e. The molecule has 3 rings (SSSR count). The van der Waals surface area contributed by atoms with Crippen molar-refractivity contribution in [1.82, 2.24) is 0 Å². The molecule has 5 heteroatoms. The molecule has 0 heterocycles. The number of esters is 2. The van der Waals surface area contributed by atoms with Crippen molar-refractivity contribution in [3.8, 4) is 11.5 Å². The van der Waals surface area contributed by atoms with Crippen molar-refractivity contribution in [2.24, 2.45) is 0 Å². The SMILES string of the molecule is Cc1ccc(C(=O)Oc2ccc(OC(=O)C3=CC=C(I)CC3)c(C)c2)cc1. The third-order valence-electron chi connectivity index (χ3n) is 4.21. The number of aryl methyl sites for hydroxylation is 2. The fraction of sp³-hybridized carbons (Fsp3) is 0.182. The maximum absolute atomic E-state index is 12.3. The maximum atomic E-state index is 12.3. The van der Waals surface area contributed by atoms with Gasteiger partial charge in [-0.05, 0) is 88.8 Å². The Bertz CT molecular complexity index is 939. The zero-order valence-electron chi connectivity index (χ0n) is 15.1. The third kappa shape index (κ3) is 5.07. The van der Waals surface area contributed by atoms with Gasteiger partial charge in [-0.1, -0.05) is 29.8 Å². The molecular weight excluding hydrogens is 455 g/mol. The summed E-state index contributed by atoms with van der Waals surface area (Å²) < 4.78 is 12.1. The molecule has 0 bridgehead atoms. The van der Waals surface area contributed by atoms with Crippen LogP contribution < -0.4 is 9.47 Å². The van der Waals surface area contributed by atoms with E-state index in [2.05, 4.69) is 22.6 Å². The Balaban J connectivity index is 1.67. The molecule has 4 nitrogen and oxygen atoms in total. The van der Waals surface area contributed by atoms with Gasteiger partial charge >= 0.3 is 11.9 Å². The van der Waals surface area contributed by atoms with E-state index in [9.17, 15) is 9.59 Å². The first kappa shape index (κ1) is 19.4. The lowest BCUT2D eigenvalue weighted by Gasteiger charge is -2.13. The molecule has 0 spiro atoms. The number of allylic oxidation sites excluding steroid dienone is 3. The molecule has 0 radical (unpaired) electrons. The molecular formula is C22H19IO4. The molecule has 0 atom stereocenters. The Labute approximate surface area is 172 Å². The molecule has 0 aromatic heterocycles. The third-order valence-corrected chi connectivity index (χ3v) is 5.11. The highest BCUT2D eigenvalue weighted by atomic mass is 127. The zero-order chi connectivity index (χ0) is 19.4. The Hall–Kier alpha value is -2.41. The van der Waals surface area contributed by atoms with Crippen LogP contribution >= 0.6 is 22.6 Å². The predicted octanol–water partition coefficient (Wildman–Crippen LogP) is 5.47. The topological polar surface area (TPSA) is 52.6 Å². The number of ether oxygens (including phenoxy) is 2. The van der Waals surface area contributed by atoms with Crippen LogP contribution in [0.3, 0.4) is 0 Å². The highest BCUT2D eigenvalue weighted by molar-refractivity contribution is 14.1. The van der Waals surface area contributed by atoms with Gasteiger partial charge in [-0.2, -0.15) is 0 Å². The van der Waals surface area contributed by atoms with Crippen molar-refractivity contribution in [3.63, 3.8) is 0 Å².